The maximum absolute atomic E-state index is 11.9. The van der Waals surface area contributed by atoms with Crippen LogP contribution in [0.25, 0.3) is 10.7 Å². The van der Waals surface area contributed by atoms with Gasteiger partial charge in [-0.05, 0) is 18.4 Å². The molecule has 0 saturated heterocycles. The lowest BCUT2D eigenvalue weighted by Crippen LogP contribution is -2.14. The molecule has 0 aliphatic carbocycles. The third-order valence-corrected chi connectivity index (χ3v) is 3.91. The molecule has 0 unspecified atom stereocenters. The Morgan fingerprint density at radius 3 is 3.05 bits per heavy atom. The van der Waals surface area contributed by atoms with Gasteiger partial charge in [-0.2, -0.15) is 10.1 Å². The number of hydrogen-bond donors (Lipinski definition) is 1. The van der Waals surface area contributed by atoms with Gasteiger partial charge in [0.1, 0.15) is 5.82 Å². The minimum absolute atomic E-state index is 0.112. The summed E-state index contributed by atoms with van der Waals surface area (Å²) in [7, 11) is 1.79. The standard InChI is InChI=1S/C14H15N5O2S/c1-9-8-11(19(2)17-9)15-12(20)5-6-13-16-14(18-21-13)10-4-3-7-22-10/h3-4,7-8H,5-6H2,1-2H3,(H,15,20). The van der Waals surface area contributed by atoms with Crippen LogP contribution in [-0.4, -0.2) is 25.8 Å². The van der Waals surface area contributed by atoms with E-state index < -0.39 is 0 Å². The number of nitrogens with one attached hydrogen (secondary N) is 1. The molecule has 8 heteroatoms. The van der Waals surface area contributed by atoms with Crippen molar-refractivity contribution in [1.29, 1.82) is 0 Å². The molecule has 0 fully saturated rings. The van der Waals surface area contributed by atoms with Gasteiger partial charge in [-0.25, -0.2) is 0 Å². The SMILES string of the molecule is Cc1cc(NC(=O)CCc2nc(-c3cccs3)no2)n(C)n1. The van der Waals surface area contributed by atoms with Gasteiger partial charge >= 0.3 is 0 Å². The van der Waals surface area contributed by atoms with Crippen LogP contribution in [0.2, 0.25) is 0 Å². The van der Waals surface area contributed by atoms with Gasteiger partial charge in [-0.3, -0.25) is 9.48 Å². The zero-order chi connectivity index (χ0) is 15.5. The van der Waals surface area contributed by atoms with Gasteiger partial charge in [0, 0.05) is 26.0 Å². The largest absolute Gasteiger partial charge is 0.339 e. The Morgan fingerprint density at radius 1 is 1.50 bits per heavy atom. The van der Waals surface area contributed by atoms with Crippen LogP contribution in [0, 0.1) is 6.92 Å². The van der Waals surface area contributed by atoms with Gasteiger partial charge < -0.3 is 9.84 Å². The normalized spacial score (nSPS) is 10.8. The third kappa shape index (κ3) is 3.22. The molecule has 3 aromatic heterocycles. The van der Waals surface area contributed by atoms with Gasteiger partial charge in [0.2, 0.25) is 17.6 Å². The van der Waals surface area contributed by atoms with Crippen molar-refractivity contribution in [2.45, 2.75) is 19.8 Å². The molecule has 3 heterocycles. The van der Waals surface area contributed by atoms with Gasteiger partial charge in [-0.1, -0.05) is 11.2 Å². The predicted molar refractivity (Wildman–Crippen MR) is 82.5 cm³/mol. The first-order valence-electron chi connectivity index (χ1n) is 6.79. The molecular weight excluding hydrogens is 302 g/mol. The molecule has 114 valence electrons. The number of anilines is 1. The zero-order valence-electron chi connectivity index (χ0n) is 12.2. The summed E-state index contributed by atoms with van der Waals surface area (Å²) in [6.45, 7) is 1.88. The van der Waals surface area contributed by atoms with Crippen molar-refractivity contribution < 1.29 is 9.32 Å². The molecule has 1 N–H and O–H groups in total. The lowest BCUT2D eigenvalue weighted by atomic mass is 10.3. The number of nitrogens with zero attached hydrogens (tertiary/aromatic N) is 4. The highest BCUT2D eigenvalue weighted by atomic mass is 32.1. The molecule has 0 aliphatic rings. The van der Waals surface area contributed by atoms with Crippen LogP contribution in [0.3, 0.4) is 0 Å². The van der Waals surface area contributed by atoms with Crippen molar-refractivity contribution in [3.8, 4) is 10.7 Å². The van der Waals surface area contributed by atoms with Crippen molar-refractivity contribution in [3.05, 3.63) is 35.2 Å². The van der Waals surface area contributed by atoms with Crippen molar-refractivity contribution in [2.24, 2.45) is 7.05 Å². The number of hydrogen-bond acceptors (Lipinski definition) is 6. The number of amides is 1. The molecule has 0 aliphatic heterocycles. The summed E-state index contributed by atoms with van der Waals surface area (Å²) >= 11 is 1.55. The predicted octanol–water partition coefficient (Wildman–Crippen LogP) is 2.41. The van der Waals surface area contributed by atoms with Crippen LogP contribution in [0.4, 0.5) is 5.82 Å². The second-order valence-corrected chi connectivity index (χ2v) is 5.78. The Balaban J connectivity index is 1.56. The van der Waals surface area contributed by atoms with Crippen molar-refractivity contribution >= 4 is 23.1 Å². The molecule has 3 aromatic rings. The Labute approximate surface area is 131 Å². The summed E-state index contributed by atoms with van der Waals surface area (Å²) in [6, 6.07) is 5.68. The first-order chi connectivity index (χ1) is 10.6. The number of thiophene rings is 1. The van der Waals surface area contributed by atoms with E-state index in [2.05, 4.69) is 20.6 Å². The van der Waals surface area contributed by atoms with Crippen LogP contribution < -0.4 is 5.32 Å². The van der Waals surface area contributed by atoms with Crippen molar-refractivity contribution in [1.82, 2.24) is 19.9 Å². The fourth-order valence-corrected chi connectivity index (χ4v) is 2.66. The fraction of sp³-hybridized carbons (Fsp3) is 0.286. The van der Waals surface area contributed by atoms with E-state index >= 15 is 0 Å². The summed E-state index contributed by atoms with van der Waals surface area (Å²) in [5.41, 5.74) is 0.857. The zero-order valence-corrected chi connectivity index (χ0v) is 13.1. The summed E-state index contributed by atoms with van der Waals surface area (Å²) in [5, 5.41) is 12.9. The topological polar surface area (TPSA) is 85.8 Å². The highest BCUT2D eigenvalue weighted by molar-refractivity contribution is 7.13. The quantitative estimate of drug-likeness (QED) is 0.781. The van der Waals surface area contributed by atoms with E-state index in [-0.39, 0.29) is 12.3 Å². The van der Waals surface area contributed by atoms with Gasteiger partial charge in [0.05, 0.1) is 10.6 Å². The van der Waals surface area contributed by atoms with Gasteiger partial charge in [0.25, 0.3) is 0 Å². The van der Waals surface area contributed by atoms with E-state index in [1.807, 2.05) is 30.5 Å². The Morgan fingerprint density at radius 2 is 2.36 bits per heavy atom. The molecule has 0 saturated carbocycles. The third-order valence-electron chi connectivity index (χ3n) is 3.05. The summed E-state index contributed by atoms with van der Waals surface area (Å²) in [4.78, 5) is 17.2. The molecule has 3 rings (SSSR count). The molecule has 22 heavy (non-hydrogen) atoms. The monoisotopic (exact) mass is 317 g/mol. The molecule has 0 bridgehead atoms. The first kappa shape index (κ1) is 14.5. The highest BCUT2D eigenvalue weighted by Crippen LogP contribution is 2.21. The molecule has 0 spiro atoms. The Bertz CT molecular complexity index is 775. The number of carbonyl (C=O) groups is 1. The average molecular weight is 317 g/mol. The minimum atomic E-state index is -0.112. The lowest BCUT2D eigenvalue weighted by molar-refractivity contribution is -0.116. The Kier molecular flexibility index (Phi) is 4.01. The fourth-order valence-electron chi connectivity index (χ4n) is 2.02. The second-order valence-electron chi connectivity index (χ2n) is 4.83. The number of carbonyl (C=O) groups excluding carboxylic acids is 1. The van der Waals surface area contributed by atoms with E-state index in [1.54, 1.807) is 23.1 Å². The van der Waals surface area contributed by atoms with Crippen LogP contribution in [-0.2, 0) is 18.3 Å². The van der Waals surface area contributed by atoms with E-state index in [0.717, 1.165) is 10.6 Å². The molecule has 0 aromatic carbocycles. The summed E-state index contributed by atoms with van der Waals surface area (Å²) in [6.07, 6.45) is 0.678. The average Bonchev–Trinajstić information content (AvgIpc) is 3.19. The van der Waals surface area contributed by atoms with Crippen LogP contribution in [0.1, 0.15) is 18.0 Å². The van der Waals surface area contributed by atoms with Crippen LogP contribution in [0.5, 0.6) is 0 Å². The van der Waals surface area contributed by atoms with Crippen molar-refractivity contribution in [2.75, 3.05) is 5.32 Å². The summed E-state index contributed by atoms with van der Waals surface area (Å²) in [5.74, 6) is 1.58. The van der Waals surface area contributed by atoms with E-state index in [4.69, 9.17) is 4.52 Å². The van der Waals surface area contributed by atoms with E-state index in [9.17, 15) is 4.79 Å². The lowest BCUT2D eigenvalue weighted by Gasteiger charge is -2.03. The number of aryl methyl sites for hydroxylation is 3. The maximum Gasteiger partial charge on any atom is 0.227 e. The van der Waals surface area contributed by atoms with Gasteiger partial charge in [-0.15, -0.1) is 11.3 Å². The molecule has 0 radical (unpaired) electrons. The number of rotatable bonds is 5. The van der Waals surface area contributed by atoms with E-state index in [0.29, 0.717) is 24.0 Å². The Hall–Kier alpha value is -2.48. The maximum atomic E-state index is 11.9. The molecule has 0 atom stereocenters. The summed E-state index contributed by atoms with van der Waals surface area (Å²) < 4.78 is 6.80. The highest BCUT2D eigenvalue weighted by Gasteiger charge is 2.12. The van der Waals surface area contributed by atoms with Crippen LogP contribution >= 0.6 is 11.3 Å². The van der Waals surface area contributed by atoms with E-state index in [1.165, 1.54) is 0 Å². The van der Waals surface area contributed by atoms with Crippen molar-refractivity contribution in [3.63, 3.8) is 0 Å². The molecular formula is C14H15N5O2S. The smallest absolute Gasteiger partial charge is 0.227 e. The minimum Gasteiger partial charge on any atom is -0.339 e. The molecule has 7 nitrogen and oxygen atoms in total. The molecule has 1 amide bonds. The first-order valence-corrected chi connectivity index (χ1v) is 7.67. The number of aromatic nitrogens is 4. The second kappa shape index (κ2) is 6.10. The van der Waals surface area contributed by atoms with Gasteiger partial charge in [0.15, 0.2) is 0 Å². The van der Waals surface area contributed by atoms with Crippen LogP contribution in [0.15, 0.2) is 28.1 Å².